The maximum Gasteiger partial charge on any atom is 0.347 e. The van der Waals surface area contributed by atoms with E-state index in [-0.39, 0.29) is 5.97 Å². The van der Waals surface area contributed by atoms with Gasteiger partial charge in [-0.25, -0.2) is 4.79 Å². The van der Waals surface area contributed by atoms with Crippen molar-refractivity contribution in [2.75, 3.05) is 18.6 Å². The average molecular weight is 457 g/mol. The van der Waals surface area contributed by atoms with Gasteiger partial charge >= 0.3 is 5.97 Å². The zero-order chi connectivity index (χ0) is 17.7. The van der Waals surface area contributed by atoms with Crippen LogP contribution in [0.4, 0.5) is 11.4 Å². The number of hydrogen-bond acceptors (Lipinski definition) is 4. The second-order valence-electron chi connectivity index (χ2n) is 5.16. The fourth-order valence-corrected chi connectivity index (χ4v) is 3.47. The molecule has 1 atom stereocenters. The van der Waals surface area contributed by atoms with E-state index in [0.717, 1.165) is 20.3 Å². The van der Waals surface area contributed by atoms with E-state index in [1.807, 2.05) is 49.5 Å². The van der Waals surface area contributed by atoms with Crippen LogP contribution in [0.2, 0.25) is 0 Å². The van der Waals surface area contributed by atoms with Crippen molar-refractivity contribution in [3.63, 3.8) is 0 Å². The smallest absolute Gasteiger partial charge is 0.347 e. The Morgan fingerprint density at radius 3 is 2.42 bits per heavy atom. The molecule has 0 spiro atoms. The minimum atomic E-state index is -0.630. The van der Waals surface area contributed by atoms with E-state index in [1.54, 1.807) is 13.8 Å². The third-order valence-corrected chi connectivity index (χ3v) is 4.55. The van der Waals surface area contributed by atoms with Crippen LogP contribution in [0.25, 0.3) is 0 Å². The number of benzene rings is 2. The van der Waals surface area contributed by atoms with Crippen molar-refractivity contribution in [1.82, 2.24) is 0 Å². The van der Waals surface area contributed by atoms with Crippen molar-refractivity contribution in [2.24, 2.45) is 0 Å². The number of anilines is 2. The lowest BCUT2D eigenvalue weighted by atomic mass is 10.2. The molecule has 0 amide bonds. The molecule has 2 rings (SSSR count). The van der Waals surface area contributed by atoms with Crippen LogP contribution in [-0.2, 0) is 9.53 Å². The fourth-order valence-electron chi connectivity index (χ4n) is 2.15. The second kappa shape index (κ2) is 8.53. The number of ether oxygens (including phenoxy) is 2. The molecule has 0 radical (unpaired) electrons. The monoisotopic (exact) mass is 455 g/mol. The first-order valence-corrected chi connectivity index (χ1v) is 9.13. The standard InChI is InChI=1S/C18H19Br2NO3/c1-4-23-18(22)12(2)24-15-8-6-14(7-9-15)21(3)17-10-5-13(19)11-16(17)20/h5-12H,4H2,1-3H3. The van der Waals surface area contributed by atoms with E-state index in [4.69, 9.17) is 9.47 Å². The highest BCUT2D eigenvalue weighted by atomic mass is 79.9. The van der Waals surface area contributed by atoms with Gasteiger partial charge in [0, 0.05) is 21.7 Å². The van der Waals surface area contributed by atoms with Crippen molar-refractivity contribution in [3.8, 4) is 5.75 Å². The second-order valence-corrected chi connectivity index (χ2v) is 6.93. The van der Waals surface area contributed by atoms with Crippen LogP contribution in [0.1, 0.15) is 13.8 Å². The summed E-state index contributed by atoms with van der Waals surface area (Å²) >= 11 is 7.03. The van der Waals surface area contributed by atoms with E-state index in [2.05, 4.69) is 36.8 Å². The summed E-state index contributed by atoms with van der Waals surface area (Å²) in [7, 11) is 1.99. The largest absolute Gasteiger partial charge is 0.479 e. The third kappa shape index (κ3) is 4.74. The predicted octanol–water partition coefficient (Wildman–Crippen LogP) is 5.31. The van der Waals surface area contributed by atoms with Crippen LogP contribution in [-0.4, -0.2) is 25.7 Å². The highest BCUT2D eigenvalue weighted by molar-refractivity contribution is 9.11. The highest BCUT2D eigenvalue weighted by Crippen LogP contribution is 2.33. The first-order chi connectivity index (χ1) is 11.4. The first-order valence-electron chi connectivity index (χ1n) is 7.54. The molecule has 0 N–H and O–H groups in total. The van der Waals surface area contributed by atoms with Gasteiger partial charge in [0.1, 0.15) is 5.75 Å². The number of halogens is 2. The molecular weight excluding hydrogens is 438 g/mol. The highest BCUT2D eigenvalue weighted by Gasteiger charge is 2.16. The molecule has 2 aromatic carbocycles. The fraction of sp³-hybridized carbons (Fsp3) is 0.278. The molecule has 128 valence electrons. The molecule has 6 heteroatoms. The summed E-state index contributed by atoms with van der Waals surface area (Å²) in [5.74, 6) is 0.264. The lowest BCUT2D eigenvalue weighted by Gasteiger charge is -2.21. The molecule has 0 heterocycles. The van der Waals surface area contributed by atoms with Gasteiger partial charge in [0.05, 0.1) is 12.3 Å². The van der Waals surface area contributed by atoms with Gasteiger partial charge in [-0.05, 0) is 72.2 Å². The van der Waals surface area contributed by atoms with Crippen molar-refractivity contribution in [2.45, 2.75) is 20.0 Å². The maximum atomic E-state index is 11.6. The molecule has 2 aromatic rings. The topological polar surface area (TPSA) is 38.8 Å². The zero-order valence-electron chi connectivity index (χ0n) is 13.8. The van der Waals surface area contributed by atoms with Crippen LogP contribution in [0.3, 0.4) is 0 Å². The Labute approximate surface area is 159 Å². The van der Waals surface area contributed by atoms with Crippen molar-refractivity contribution in [1.29, 1.82) is 0 Å². The molecule has 0 saturated carbocycles. The SMILES string of the molecule is CCOC(=O)C(C)Oc1ccc(N(C)c2ccc(Br)cc2Br)cc1. The van der Waals surface area contributed by atoms with Gasteiger partial charge in [-0.3, -0.25) is 0 Å². The summed E-state index contributed by atoms with van der Waals surface area (Å²) in [6.45, 7) is 3.80. The van der Waals surface area contributed by atoms with Crippen LogP contribution < -0.4 is 9.64 Å². The number of nitrogens with zero attached hydrogens (tertiary/aromatic N) is 1. The van der Waals surface area contributed by atoms with E-state index < -0.39 is 6.10 Å². The minimum absolute atomic E-state index is 0.346. The molecule has 0 aromatic heterocycles. The third-order valence-electron chi connectivity index (χ3n) is 3.43. The molecular formula is C18H19Br2NO3. The van der Waals surface area contributed by atoms with Gasteiger partial charge in [-0.15, -0.1) is 0 Å². The Balaban J connectivity index is 2.09. The molecule has 0 aliphatic heterocycles. The van der Waals surface area contributed by atoms with Crippen LogP contribution in [0.15, 0.2) is 51.4 Å². The summed E-state index contributed by atoms with van der Waals surface area (Å²) < 4.78 is 12.6. The number of hydrogen-bond donors (Lipinski definition) is 0. The van der Waals surface area contributed by atoms with Gasteiger partial charge in [-0.1, -0.05) is 15.9 Å². The molecule has 0 aliphatic rings. The van der Waals surface area contributed by atoms with E-state index in [0.29, 0.717) is 12.4 Å². The maximum absolute atomic E-state index is 11.6. The lowest BCUT2D eigenvalue weighted by molar-refractivity contribution is -0.150. The number of carbonyl (C=O) groups excluding carboxylic acids is 1. The summed E-state index contributed by atoms with van der Waals surface area (Å²) in [4.78, 5) is 13.7. The summed E-state index contributed by atoms with van der Waals surface area (Å²) in [6.07, 6.45) is -0.630. The lowest BCUT2D eigenvalue weighted by Crippen LogP contribution is -2.26. The van der Waals surface area contributed by atoms with Gasteiger partial charge in [0.2, 0.25) is 0 Å². The molecule has 24 heavy (non-hydrogen) atoms. The van der Waals surface area contributed by atoms with Crippen LogP contribution in [0.5, 0.6) is 5.75 Å². The van der Waals surface area contributed by atoms with Crippen LogP contribution >= 0.6 is 31.9 Å². The molecule has 1 unspecified atom stereocenters. The molecule has 4 nitrogen and oxygen atoms in total. The number of carbonyl (C=O) groups is 1. The van der Waals surface area contributed by atoms with Crippen molar-refractivity contribution < 1.29 is 14.3 Å². The number of esters is 1. The molecule has 0 aliphatic carbocycles. The Kier molecular flexibility index (Phi) is 6.69. The van der Waals surface area contributed by atoms with Crippen molar-refractivity contribution >= 4 is 49.2 Å². The summed E-state index contributed by atoms with van der Waals surface area (Å²) in [5, 5.41) is 0. The van der Waals surface area contributed by atoms with Gasteiger partial charge in [0.15, 0.2) is 6.10 Å². The summed E-state index contributed by atoms with van der Waals surface area (Å²) in [5.41, 5.74) is 2.06. The molecule has 0 bridgehead atoms. The van der Waals surface area contributed by atoms with Gasteiger partial charge in [0.25, 0.3) is 0 Å². The molecule has 0 saturated heterocycles. The zero-order valence-corrected chi connectivity index (χ0v) is 16.9. The predicted molar refractivity (Wildman–Crippen MR) is 103 cm³/mol. The van der Waals surface area contributed by atoms with E-state index in [9.17, 15) is 4.79 Å². The van der Waals surface area contributed by atoms with Crippen molar-refractivity contribution in [3.05, 3.63) is 51.4 Å². The van der Waals surface area contributed by atoms with E-state index >= 15 is 0 Å². The van der Waals surface area contributed by atoms with Crippen LogP contribution in [0, 0.1) is 0 Å². The Bertz CT molecular complexity index is 704. The summed E-state index contributed by atoms with van der Waals surface area (Å²) in [6, 6.07) is 13.6. The van der Waals surface area contributed by atoms with Gasteiger partial charge < -0.3 is 14.4 Å². The quantitative estimate of drug-likeness (QED) is 0.552. The van der Waals surface area contributed by atoms with E-state index in [1.165, 1.54) is 0 Å². The number of rotatable bonds is 6. The minimum Gasteiger partial charge on any atom is -0.479 e. The Morgan fingerprint density at radius 1 is 1.17 bits per heavy atom. The molecule has 0 fully saturated rings. The Hall–Kier alpha value is -1.53. The average Bonchev–Trinajstić information content (AvgIpc) is 2.55. The Morgan fingerprint density at radius 2 is 1.83 bits per heavy atom. The first kappa shape index (κ1) is 18.8. The van der Waals surface area contributed by atoms with Gasteiger partial charge in [-0.2, -0.15) is 0 Å². The normalized spacial score (nSPS) is 11.7.